The second-order valence-electron chi connectivity index (χ2n) is 4.22. The third kappa shape index (κ3) is 3.93. The monoisotopic (exact) mass is 290 g/mol. The molecular weight excluding hydrogens is 276 g/mol. The Morgan fingerprint density at radius 2 is 1.45 bits per heavy atom. The summed E-state index contributed by atoms with van der Waals surface area (Å²) >= 11 is 0. The van der Waals surface area contributed by atoms with E-state index in [0.717, 1.165) is 5.56 Å². The lowest BCUT2D eigenvalue weighted by atomic mass is 10.2. The van der Waals surface area contributed by atoms with E-state index in [1.54, 1.807) is 30.3 Å². The summed E-state index contributed by atoms with van der Waals surface area (Å²) in [4.78, 5) is 11.7. The Labute approximate surface area is 117 Å². The van der Waals surface area contributed by atoms with Crippen LogP contribution in [0.3, 0.4) is 0 Å². The normalized spacial score (nSPS) is 11.0. The van der Waals surface area contributed by atoms with Gasteiger partial charge < -0.3 is 4.74 Å². The van der Waals surface area contributed by atoms with Crippen molar-refractivity contribution in [3.05, 3.63) is 66.2 Å². The lowest BCUT2D eigenvalue weighted by Gasteiger charge is -2.06. The van der Waals surface area contributed by atoms with E-state index in [-0.39, 0.29) is 11.5 Å². The molecule has 0 unspecified atom stereocenters. The molecule has 0 N–H and O–H groups in total. The number of esters is 1. The predicted molar refractivity (Wildman–Crippen MR) is 74.7 cm³/mol. The van der Waals surface area contributed by atoms with E-state index < -0.39 is 21.6 Å². The highest BCUT2D eigenvalue weighted by Crippen LogP contribution is 2.11. The number of benzene rings is 2. The molecule has 2 rings (SSSR count). The molecule has 0 aromatic heterocycles. The molecule has 2 aromatic carbocycles. The molecule has 0 amide bonds. The molecular formula is C15H14O4S. The molecule has 0 saturated heterocycles. The van der Waals surface area contributed by atoms with Crippen molar-refractivity contribution in [3.8, 4) is 0 Å². The lowest BCUT2D eigenvalue weighted by Crippen LogP contribution is -2.18. The number of hydrogen-bond donors (Lipinski definition) is 0. The quantitative estimate of drug-likeness (QED) is 0.792. The molecule has 2 aromatic rings. The van der Waals surface area contributed by atoms with Crippen molar-refractivity contribution in [2.24, 2.45) is 0 Å². The van der Waals surface area contributed by atoms with Gasteiger partial charge in [0.25, 0.3) is 0 Å². The van der Waals surface area contributed by atoms with Crippen molar-refractivity contribution in [1.29, 1.82) is 0 Å². The van der Waals surface area contributed by atoms with E-state index in [2.05, 4.69) is 0 Å². The van der Waals surface area contributed by atoms with Crippen LogP contribution in [-0.2, 0) is 26.0 Å². The van der Waals surface area contributed by atoms with Crippen LogP contribution in [0.2, 0.25) is 0 Å². The van der Waals surface area contributed by atoms with E-state index in [1.807, 2.05) is 18.2 Å². The SMILES string of the molecule is O=C(CS(=O)(=O)c1ccccc1)OCc1ccccc1. The summed E-state index contributed by atoms with van der Waals surface area (Å²) in [5.74, 6) is -1.40. The maximum atomic E-state index is 12.0. The Morgan fingerprint density at radius 3 is 2.05 bits per heavy atom. The second-order valence-corrected chi connectivity index (χ2v) is 6.21. The Bertz CT molecular complexity index is 664. The third-order valence-corrected chi connectivity index (χ3v) is 4.26. The summed E-state index contributed by atoms with van der Waals surface area (Å²) in [5.41, 5.74) is 0.818. The topological polar surface area (TPSA) is 60.4 Å². The summed E-state index contributed by atoms with van der Waals surface area (Å²) in [5, 5.41) is 0. The van der Waals surface area contributed by atoms with Crippen LogP contribution in [0.15, 0.2) is 65.6 Å². The van der Waals surface area contributed by atoms with Crippen LogP contribution in [0.5, 0.6) is 0 Å². The fraction of sp³-hybridized carbons (Fsp3) is 0.133. The van der Waals surface area contributed by atoms with Gasteiger partial charge in [-0.3, -0.25) is 4.79 Å². The van der Waals surface area contributed by atoms with Gasteiger partial charge in [-0.2, -0.15) is 0 Å². The molecule has 0 bridgehead atoms. The van der Waals surface area contributed by atoms with Gasteiger partial charge in [0.1, 0.15) is 6.61 Å². The zero-order valence-electron chi connectivity index (χ0n) is 10.7. The van der Waals surface area contributed by atoms with E-state index in [4.69, 9.17) is 4.74 Å². The van der Waals surface area contributed by atoms with Crippen molar-refractivity contribution >= 4 is 15.8 Å². The number of carbonyl (C=O) groups is 1. The molecule has 0 atom stereocenters. The molecule has 20 heavy (non-hydrogen) atoms. The van der Waals surface area contributed by atoms with Crippen LogP contribution in [-0.4, -0.2) is 20.1 Å². The summed E-state index contributed by atoms with van der Waals surface area (Å²) < 4.78 is 28.9. The molecule has 0 aliphatic carbocycles. The zero-order valence-corrected chi connectivity index (χ0v) is 11.5. The van der Waals surface area contributed by atoms with Crippen LogP contribution < -0.4 is 0 Å². The van der Waals surface area contributed by atoms with E-state index in [0.29, 0.717) is 0 Å². The first-order chi connectivity index (χ1) is 9.58. The Morgan fingerprint density at radius 1 is 0.900 bits per heavy atom. The molecule has 0 fully saturated rings. The number of carbonyl (C=O) groups excluding carboxylic acids is 1. The molecule has 104 valence electrons. The van der Waals surface area contributed by atoms with Crippen LogP contribution in [0.25, 0.3) is 0 Å². The van der Waals surface area contributed by atoms with Gasteiger partial charge in [0.2, 0.25) is 0 Å². The largest absolute Gasteiger partial charge is 0.460 e. The van der Waals surface area contributed by atoms with Gasteiger partial charge in [-0.15, -0.1) is 0 Å². The number of hydrogen-bond acceptors (Lipinski definition) is 4. The Kier molecular flexibility index (Phi) is 4.53. The van der Waals surface area contributed by atoms with Crippen LogP contribution in [0, 0.1) is 0 Å². The standard InChI is InChI=1S/C15H14O4S/c16-15(19-11-13-7-3-1-4-8-13)12-20(17,18)14-9-5-2-6-10-14/h1-10H,11-12H2. The maximum absolute atomic E-state index is 12.0. The average molecular weight is 290 g/mol. The van der Waals surface area contributed by atoms with Gasteiger partial charge in [0, 0.05) is 0 Å². The van der Waals surface area contributed by atoms with Crippen molar-refractivity contribution in [2.45, 2.75) is 11.5 Å². The van der Waals surface area contributed by atoms with Gasteiger partial charge >= 0.3 is 5.97 Å². The van der Waals surface area contributed by atoms with Gasteiger partial charge in [-0.25, -0.2) is 8.42 Å². The number of ether oxygens (including phenoxy) is 1. The Hall–Kier alpha value is -2.14. The third-order valence-electron chi connectivity index (χ3n) is 2.65. The lowest BCUT2D eigenvalue weighted by molar-refractivity contribution is -0.141. The highest BCUT2D eigenvalue weighted by atomic mass is 32.2. The van der Waals surface area contributed by atoms with Crippen LogP contribution in [0.1, 0.15) is 5.56 Å². The molecule has 0 saturated carbocycles. The summed E-state index contributed by atoms with van der Waals surface area (Å²) in [6, 6.07) is 17.0. The number of rotatable bonds is 5. The maximum Gasteiger partial charge on any atom is 0.321 e. The van der Waals surface area contributed by atoms with Gasteiger partial charge in [-0.05, 0) is 17.7 Å². The molecule has 5 heteroatoms. The Balaban J connectivity index is 1.95. The van der Waals surface area contributed by atoms with Gasteiger partial charge in [0.05, 0.1) is 4.90 Å². The van der Waals surface area contributed by atoms with Crippen molar-refractivity contribution < 1.29 is 17.9 Å². The molecule has 0 aliphatic rings. The minimum Gasteiger partial charge on any atom is -0.460 e. The summed E-state index contributed by atoms with van der Waals surface area (Å²) in [6.07, 6.45) is 0. The van der Waals surface area contributed by atoms with Crippen LogP contribution >= 0.6 is 0 Å². The minimum atomic E-state index is -3.64. The van der Waals surface area contributed by atoms with Gasteiger partial charge in [-0.1, -0.05) is 48.5 Å². The minimum absolute atomic E-state index is 0.0734. The highest BCUT2D eigenvalue weighted by molar-refractivity contribution is 7.92. The van der Waals surface area contributed by atoms with Crippen LogP contribution in [0.4, 0.5) is 0 Å². The molecule has 4 nitrogen and oxygen atoms in total. The molecule has 0 aliphatic heterocycles. The second kappa shape index (κ2) is 6.34. The summed E-state index contributed by atoms with van der Waals surface area (Å²) in [6.45, 7) is 0.0734. The molecule has 0 radical (unpaired) electrons. The van der Waals surface area contributed by atoms with Gasteiger partial charge in [0.15, 0.2) is 15.6 Å². The molecule has 0 heterocycles. The van der Waals surface area contributed by atoms with Crippen molar-refractivity contribution in [2.75, 3.05) is 5.75 Å². The van der Waals surface area contributed by atoms with E-state index in [9.17, 15) is 13.2 Å². The fourth-order valence-corrected chi connectivity index (χ4v) is 2.78. The zero-order chi connectivity index (χ0) is 14.4. The highest BCUT2D eigenvalue weighted by Gasteiger charge is 2.19. The van der Waals surface area contributed by atoms with Crippen molar-refractivity contribution in [1.82, 2.24) is 0 Å². The van der Waals surface area contributed by atoms with Crippen molar-refractivity contribution in [3.63, 3.8) is 0 Å². The summed E-state index contributed by atoms with van der Waals surface area (Å²) in [7, 11) is -3.64. The molecule has 0 spiro atoms. The predicted octanol–water partition coefficient (Wildman–Crippen LogP) is 2.20. The number of sulfone groups is 1. The first-order valence-corrected chi connectivity index (χ1v) is 7.70. The first-order valence-electron chi connectivity index (χ1n) is 6.05. The van der Waals surface area contributed by atoms with E-state index in [1.165, 1.54) is 12.1 Å². The smallest absolute Gasteiger partial charge is 0.321 e. The average Bonchev–Trinajstić information content (AvgIpc) is 2.47. The first kappa shape index (κ1) is 14.3. The van der Waals surface area contributed by atoms with E-state index >= 15 is 0 Å². The fourth-order valence-electron chi connectivity index (χ4n) is 1.65.